The quantitative estimate of drug-likeness (QED) is 0.851. The molecular weight excluding hydrogens is 369 g/mol. The molecule has 0 aromatic heterocycles. The summed E-state index contributed by atoms with van der Waals surface area (Å²) in [4.78, 5) is 16.4. The van der Waals surface area contributed by atoms with Gasteiger partial charge in [0, 0.05) is 32.7 Å². The minimum absolute atomic E-state index is 0. The number of nitrogens with two attached hydrogens (primary N) is 1. The Bertz CT molecular complexity index is 580. The molecule has 0 saturated carbocycles. The summed E-state index contributed by atoms with van der Waals surface area (Å²) in [5.74, 6) is 0.0994. The van der Waals surface area contributed by atoms with Gasteiger partial charge in [0.25, 0.3) is 0 Å². The highest BCUT2D eigenvalue weighted by Crippen LogP contribution is 2.27. The topological polar surface area (TPSA) is 49.6 Å². The molecule has 1 aromatic rings. The monoisotopic (exact) mass is 393 g/mol. The largest absolute Gasteiger partial charge is 0.340 e. The minimum atomic E-state index is 0. The fraction of sp³-hybridized carbons (Fsp3) is 0.588. The molecule has 0 aliphatic carbocycles. The Labute approximate surface area is 160 Å². The van der Waals surface area contributed by atoms with Crippen LogP contribution in [0.25, 0.3) is 0 Å². The predicted octanol–water partition coefficient (Wildman–Crippen LogP) is 3.43. The number of likely N-dealkylation sites (N-methyl/N-ethyl adjacent to an activating group) is 1. The molecule has 136 valence electrons. The maximum Gasteiger partial charge on any atom is 0.236 e. The van der Waals surface area contributed by atoms with Crippen LogP contribution in [0.3, 0.4) is 0 Å². The van der Waals surface area contributed by atoms with E-state index in [0.717, 1.165) is 25.1 Å². The Morgan fingerprint density at radius 1 is 1.38 bits per heavy atom. The first-order valence-electron chi connectivity index (χ1n) is 7.85. The molecule has 4 nitrogen and oxygen atoms in total. The van der Waals surface area contributed by atoms with Crippen LogP contribution in [0.15, 0.2) is 18.2 Å². The van der Waals surface area contributed by atoms with Gasteiger partial charge in [-0.2, -0.15) is 0 Å². The van der Waals surface area contributed by atoms with E-state index < -0.39 is 0 Å². The second-order valence-electron chi connectivity index (χ2n) is 7.09. The van der Waals surface area contributed by atoms with Gasteiger partial charge in [-0.15, -0.1) is 12.4 Å². The van der Waals surface area contributed by atoms with Crippen molar-refractivity contribution in [3.05, 3.63) is 33.8 Å². The van der Waals surface area contributed by atoms with Crippen molar-refractivity contribution in [1.29, 1.82) is 0 Å². The lowest BCUT2D eigenvalue weighted by Gasteiger charge is -2.42. The number of nitrogens with zero attached hydrogens (tertiary/aromatic N) is 2. The van der Waals surface area contributed by atoms with E-state index in [9.17, 15) is 4.79 Å². The molecule has 7 heteroatoms. The molecule has 1 aliphatic heterocycles. The van der Waals surface area contributed by atoms with Gasteiger partial charge < -0.3 is 10.6 Å². The Hall–Kier alpha value is -0.520. The third kappa shape index (κ3) is 5.50. The zero-order valence-corrected chi connectivity index (χ0v) is 16.7. The highest BCUT2D eigenvalue weighted by molar-refractivity contribution is 6.42. The first-order valence-corrected chi connectivity index (χ1v) is 8.60. The van der Waals surface area contributed by atoms with Crippen LogP contribution in [0.1, 0.15) is 25.8 Å². The molecule has 1 heterocycles. The van der Waals surface area contributed by atoms with Gasteiger partial charge in [0.2, 0.25) is 5.91 Å². The summed E-state index contributed by atoms with van der Waals surface area (Å²) in [6, 6.07) is 5.65. The summed E-state index contributed by atoms with van der Waals surface area (Å²) < 4.78 is 0. The number of piperidine rings is 1. The van der Waals surface area contributed by atoms with Crippen molar-refractivity contribution in [3.63, 3.8) is 0 Å². The van der Waals surface area contributed by atoms with Crippen LogP contribution in [-0.2, 0) is 11.3 Å². The molecule has 0 radical (unpaired) electrons. The Kier molecular flexibility index (Phi) is 7.82. The van der Waals surface area contributed by atoms with Crippen LogP contribution < -0.4 is 5.73 Å². The van der Waals surface area contributed by atoms with Crippen molar-refractivity contribution < 1.29 is 4.79 Å². The average molecular weight is 395 g/mol. The molecule has 0 spiro atoms. The lowest BCUT2D eigenvalue weighted by Crippen LogP contribution is -2.54. The maximum absolute atomic E-state index is 12.5. The summed E-state index contributed by atoms with van der Waals surface area (Å²) in [7, 11) is 1.81. The smallest absolute Gasteiger partial charge is 0.236 e. The fourth-order valence-electron chi connectivity index (χ4n) is 2.93. The van der Waals surface area contributed by atoms with Crippen molar-refractivity contribution in [2.75, 3.05) is 26.7 Å². The third-order valence-corrected chi connectivity index (χ3v) is 5.32. The van der Waals surface area contributed by atoms with E-state index in [1.165, 1.54) is 0 Å². The molecular formula is C17H26Cl3N3O. The SMILES string of the molecule is CN(Cc1ccc(Cl)c(Cl)c1)C(=O)CN1CCC(N)C(C)(C)C1.Cl. The number of likely N-dealkylation sites (tertiary alicyclic amines) is 1. The standard InChI is InChI=1S/C17H25Cl2N3O.ClH/c1-17(2)11-22(7-6-15(17)20)10-16(23)21(3)9-12-4-5-13(18)14(19)8-12;/h4-5,8,15H,6-7,9-11,20H2,1-3H3;1H. The van der Waals surface area contributed by atoms with E-state index in [2.05, 4.69) is 18.7 Å². The van der Waals surface area contributed by atoms with Crippen LogP contribution >= 0.6 is 35.6 Å². The molecule has 1 amide bonds. The number of carbonyl (C=O) groups excluding carboxylic acids is 1. The second-order valence-corrected chi connectivity index (χ2v) is 7.91. The molecule has 1 unspecified atom stereocenters. The molecule has 1 fully saturated rings. The van der Waals surface area contributed by atoms with Crippen LogP contribution in [0, 0.1) is 5.41 Å². The average Bonchev–Trinajstić information content (AvgIpc) is 2.46. The van der Waals surface area contributed by atoms with Gasteiger partial charge in [0.1, 0.15) is 0 Å². The van der Waals surface area contributed by atoms with Crippen LogP contribution in [0.5, 0.6) is 0 Å². The highest BCUT2D eigenvalue weighted by atomic mass is 35.5. The Morgan fingerprint density at radius 2 is 2.04 bits per heavy atom. The number of rotatable bonds is 4. The normalized spacial score (nSPS) is 20.3. The first-order chi connectivity index (χ1) is 10.7. The molecule has 2 N–H and O–H groups in total. The van der Waals surface area contributed by atoms with E-state index in [4.69, 9.17) is 28.9 Å². The van der Waals surface area contributed by atoms with Gasteiger partial charge in [-0.3, -0.25) is 9.69 Å². The van der Waals surface area contributed by atoms with Crippen molar-refractivity contribution >= 4 is 41.5 Å². The first kappa shape index (κ1) is 21.5. The zero-order chi connectivity index (χ0) is 17.2. The number of benzene rings is 1. The lowest BCUT2D eigenvalue weighted by molar-refractivity contribution is -0.132. The number of amides is 1. The second kappa shape index (κ2) is 8.72. The Balaban J connectivity index is 0.00000288. The summed E-state index contributed by atoms with van der Waals surface area (Å²) >= 11 is 11.9. The molecule has 1 atom stereocenters. The van der Waals surface area contributed by atoms with Gasteiger partial charge in [-0.05, 0) is 29.5 Å². The lowest BCUT2D eigenvalue weighted by atomic mass is 9.80. The highest BCUT2D eigenvalue weighted by Gasteiger charge is 2.34. The van der Waals surface area contributed by atoms with Gasteiger partial charge in [0.15, 0.2) is 0 Å². The van der Waals surface area contributed by atoms with Gasteiger partial charge in [0.05, 0.1) is 16.6 Å². The zero-order valence-electron chi connectivity index (χ0n) is 14.4. The van der Waals surface area contributed by atoms with Crippen LogP contribution in [0.2, 0.25) is 10.0 Å². The van der Waals surface area contributed by atoms with Gasteiger partial charge in [-0.1, -0.05) is 43.1 Å². The van der Waals surface area contributed by atoms with E-state index in [0.29, 0.717) is 23.1 Å². The molecule has 24 heavy (non-hydrogen) atoms. The van der Waals surface area contributed by atoms with Crippen molar-refractivity contribution in [1.82, 2.24) is 9.80 Å². The van der Waals surface area contributed by atoms with Gasteiger partial charge in [-0.25, -0.2) is 0 Å². The molecule has 2 rings (SSSR count). The van der Waals surface area contributed by atoms with Crippen LogP contribution in [-0.4, -0.2) is 48.4 Å². The summed E-state index contributed by atoms with van der Waals surface area (Å²) in [5, 5.41) is 1.04. The van der Waals surface area contributed by atoms with Crippen LogP contribution in [0.4, 0.5) is 0 Å². The van der Waals surface area contributed by atoms with E-state index in [1.54, 1.807) is 17.0 Å². The van der Waals surface area contributed by atoms with Gasteiger partial charge >= 0.3 is 0 Å². The Morgan fingerprint density at radius 3 is 2.62 bits per heavy atom. The van der Waals surface area contributed by atoms with Crippen molar-refractivity contribution in [2.24, 2.45) is 11.1 Å². The number of hydrogen-bond donors (Lipinski definition) is 1. The maximum atomic E-state index is 12.5. The van der Waals surface area contributed by atoms with E-state index >= 15 is 0 Å². The molecule has 1 aliphatic rings. The minimum Gasteiger partial charge on any atom is -0.340 e. The molecule has 1 aromatic carbocycles. The fourth-order valence-corrected chi connectivity index (χ4v) is 3.25. The van der Waals surface area contributed by atoms with E-state index in [1.807, 2.05) is 13.1 Å². The summed E-state index contributed by atoms with van der Waals surface area (Å²) in [6.07, 6.45) is 0.927. The predicted molar refractivity (Wildman–Crippen MR) is 103 cm³/mol. The van der Waals surface area contributed by atoms with Crippen molar-refractivity contribution in [3.8, 4) is 0 Å². The number of halogens is 3. The summed E-state index contributed by atoms with van der Waals surface area (Å²) in [6.45, 7) is 6.99. The van der Waals surface area contributed by atoms with Crippen molar-refractivity contribution in [2.45, 2.75) is 32.9 Å². The number of hydrogen-bond acceptors (Lipinski definition) is 3. The molecule has 1 saturated heterocycles. The third-order valence-electron chi connectivity index (χ3n) is 4.58. The molecule has 0 bridgehead atoms. The van der Waals surface area contributed by atoms with E-state index in [-0.39, 0.29) is 29.8 Å². The summed E-state index contributed by atoms with van der Waals surface area (Å²) in [5.41, 5.74) is 7.16. The number of carbonyl (C=O) groups is 1.